The summed E-state index contributed by atoms with van der Waals surface area (Å²) in [4.78, 5) is 29.1. The number of hydrogen-bond donors (Lipinski definition) is 1. The van der Waals surface area contributed by atoms with Crippen molar-refractivity contribution in [2.75, 3.05) is 18.1 Å². The van der Waals surface area contributed by atoms with Gasteiger partial charge in [-0.05, 0) is 71.0 Å². The standard InChI is InChI=1S/C38H38N2O6S/c1-38(2,3)20-19-27-11-15-29(16-12-27)34(24-28-13-17-30(18-14-28)37(42)47(43,44)46-23-21-39)36(41)40(32-9-5-4-6-10-32)33-25-31-8-7-22-45-35(31)26-33/h4-20,22,25-26,34H,21,23-24,39H2,1-3H3. The van der Waals surface area contributed by atoms with Crippen molar-refractivity contribution in [1.29, 1.82) is 0 Å². The molecule has 3 aromatic carbocycles. The first-order valence-electron chi connectivity index (χ1n) is 15.3. The zero-order valence-electron chi connectivity index (χ0n) is 26.6. The highest BCUT2D eigenvalue weighted by Gasteiger charge is 2.31. The van der Waals surface area contributed by atoms with Gasteiger partial charge < -0.3 is 10.2 Å². The molecule has 1 atom stereocenters. The molecule has 0 spiro atoms. The van der Waals surface area contributed by atoms with E-state index < -0.39 is 21.2 Å². The largest absolute Gasteiger partial charge is 0.464 e. The number of para-hydroxylation sites is 1. The average Bonchev–Trinajstić information content (AvgIpc) is 3.49. The van der Waals surface area contributed by atoms with E-state index in [-0.39, 0.29) is 36.5 Å². The summed E-state index contributed by atoms with van der Waals surface area (Å²) in [5, 5.41) is -1.15. The van der Waals surface area contributed by atoms with E-state index in [4.69, 9.17) is 14.3 Å². The molecule has 0 saturated carbocycles. The first-order chi connectivity index (χ1) is 22.4. The predicted octanol–water partition coefficient (Wildman–Crippen LogP) is 7.58. The number of carbonyl (C=O) groups excluding carboxylic acids is 2. The molecule has 2 aliphatic rings. The zero-order chi connectivity index (χ0) is 33.6. The monoisotopic (exact) mass is 650 g/mol. The van der Waals surface area contributed by atoms with E-state index in [1.54, 1.807) is 23.3 Å². The molecule has 47 heavy (non-hydrogen) atoms. The molecule has 0 radical (unpaired) electrons. The molecule has 5 rings (SSSR count). The molecule has 1 aliphatic carbocycles. The van der Waals surface area contributed by atoms with E-state index in [1.807, 2.05) is 78.9 Å². The van der Waals surface area contributed by atoms with Crippen LogP contribution >= 0.6 is 0 Å². The van der Waals surface area contributed by atoms with Crippen LogP contribution in [0.3, 0.4) is 0 Å². The highest BCUT2D eigenvalue weighted by atomic mass is 32.2. The van der Waals surface area contributed by atoms with Gasteiger partial charge in [-0.15, -0.1) is 0 Å². The summed E-state index contributed by atoms with van der Waals surface area (Å²) in [5.74, 6) is -0.139. The van der Waals surface area contributed by atoms with Gasteiger partial charge in [0.2, 0.25) is 5.91 Å². The third-order valence-corrected chi connectivity index (χ3v) is 8.70. The fourth-order valence-electron chi connectivity index (χ4n) is 5.14. The molecule has 9 heteroatoms. The van der Waals surface area contributed by atoms with Crippen LogP contribution in [0.5, 0.6) is 0 Å². The minimum atomic E-state index is -4.46. The topological polar surface area (TPSA) is 120 Å². The van der Waals surface area contributed by atoms with Gasteiger partial charge in [-0.3, -0.25) is 18.7 Å². The van der Waals surface area contributed by atoms with Gasteiger partial charge >= 0.3 is 15.2 Å². The second-order valence-electron chi connectivity index (χ2n) is 12.3. The van der Waals surface area contributed by atoms with Gasteiger partial charge in [0.15, 0.2) is 0 Å². The molecule has 0 aromatic heterocycles. The van der Waals surface area contributed by atoms with Crippen LogP contribution in [0.25, 0.3) is 17.4 Å². The summed E-state index contributed by atoms with van der Waals surface area (Å²) in [6.07, 6.45) is 6.09. The molecule has 3 aromatic rings. The fraction of sp³-hybridized carbons (Fsp3) is 0.211. The van der Waals surface area contributed by atoms with Crippen molar-refractivity contribution in [2.45, 2.75) is 33.1 Å². The van der Waals surface area contributed by atoms with E-state index in [0.29, 0.717) is 17.1 Å². The normalized spacial score (nSPS) is 12.8. The zero-order valence-corrected chi connectivity index (χ0v) is 27.4. The Bertz CT molecular complexity index is 1890. The van der Waals surface area contributed by atoms with E-state index in [0.717, 1.165) is 22.3 Å². The quantitative estimate of drug-likeness (QED) is 0.146. The SMILES string of the molecule is CC(C)(C)C=Cc1ccc(C(Cc2ccc(C(=O)S(=O)(=O)OCCN)cc2)C(=O)N(c2ccccc2)c2cc3cccoc-3c2)cc1. The molecule has 8 nitrogen and oxygen atoms in total. The third-order valence-electron chi connectivity index (χ3n) is 7.53. The van der Waals surface area contributed by atoms with Gasteiger partial charge in [0.25, 0.3) is 0 Å². The van der Waals surface area contributed by atoms with Crippen LogP contribution in [0, 0.1) is 5.41 Å². The van der Waals surface area contributed by atoms with E-state index in [1.165, 1.54) is 12.1 Å². The Kier molecular flexibility index (Phi) is 10.2. The molecule has 0 fully saturated rings. The van der Waals surface area contributed by atoms with Gasteiger partial charge in [0.1, 0.15) is 5.76 Å². The average molecular weight is 651 g/mol. The Balaban J connectivity index is 1.53. The summed E-state index contributed by atoms with van der Waals surface area (Å²) in [7, 11) is -4.46. The maximum atomic E-state index is 14.8. The van der Waals surface area contributed by atoms with Gasteiger partial charge in [-0.1, -0.05) is 87.5 Å². The molecule has 1 unspecified atom stereocenters. The second kappa shape index (κ2) is 14.3. The van der Waals surface area contributed by atoms with E-state index in [2.05, 4.69) is 32.9 Å². The number of hydrogen-bond acceptors (Lipinski definition) is 7. The smallest absolute Gasteiger partial charge is 0.336 e. The van der Waals surface area contributed by atoms with Crippen LogP contribution in [-0.2, 0) is 25.5 Å². The summed E-state index contributed by atoms with van der Waals surface area (Å²) < 4.78 is 34.9. The van der Waals surface area contributed by atoms with Crippen molar-refractivity contribution in [3.8, 4) is 11.3 Å². The number of allylic oxidation sites excluding steroid dienone is 1. The number of anilines is 2. The molecular formula is C38H38N2O6S. The third kappa shape index (κ3) is 8.31. The lowest BCUT2D eigenvalue weighted by Gasteiger charge is -2.27. The fourth-order valence-corrected chi connectivity index (χ4v) is 5.99. The summed E-state index contributed by atoms with van der Waals surface area (Å²) in [6, 6.07) is 31.1. The second-order valence-corrected chi connectivity index (χ2v) is 13.8. The van der Waals surface area contributed by atoms with Crippen molar-refractivity contribution >= 4 is 38.6 Å². The van der Waals surface area contributed by atoms with Crippen LogP contribution in [0.4, 0.5) is 11.4 Å². The number of amides is 1. The first kappa shape index (κ1) is 33.5. The molecule has 1 amide bonds. The highest BCUT2D eigenvalue weighted by molar-refractivity contribution is 8.02. The molecule has 242 valence electrons. The maximum Gasteiger partial charge on any atom is 0.336 e. The number of nitrogens with zero attached hydrogens (tertiary/aromatic N) is 1. The Morgan fingerprint density at radius 3 is 2.23 bits per heavy atom. The van der Waals surface area contributed by atoms with Crippen molar-refractivity contribution in [1.82, 2.24) is 0 Å². The van der Waals surface area contributed by atoms with Gasteiger partial charge in [0.05, 0.1) is 24.5 Å². The minimum absolute atomic E-state index is 0.0200. The Hall–Kier alpha value is -4.83. The van der Waals surface area contributed by atoms with Crippen LogP contribution in [-0.4, -0.2) is 32.6 Å². The van der Waals surface area contributed by atoms with Crippen LogP contribution < -0.4 is 10.6 Å². The van der Waals surface area contributed by atoms with Crippen molar-refractivity contribution in [3.05, 3.63) is 138 Å². The van der Waals surface area contributed by atoms with E-state index >= 15 is 0 Å². The Morgan fingerprint density at radius 2 is 1.60 bits per heavy atom. The predicted molar refractivity (Wildman–Crippen MR) is 185 cm³/mol. The lowest BCUT2D eigenvalue weighted by molar-refractivity contribution is -0.119. The summed E-state index contributed by atoms with van der Waals surface area (Å²) in [6.45, 7) is 6.07. The van der Waals surface area contributed by atoms with Gasteiger partial charge in [0, 0.05) is 29.4 Å². The Labute approximate surface area is 275 Å². The number of benzene rings is 3. The Morgan fingerprint density at radius 1 is 0.894 bits per heavy atom. The summed E-state index contributed by atoms with van der Waals surface area (Å²) >= 11 is 0. The van der Waals surface area contributed by atoms with Gasteiger partial charge in [-0.25, -0.2) is 0 Å². The minimum Gasteiger partial charge on any atom is -0.464 e. The van der Waals surface area contributed by atoms with E-state index in [9.17, 15) is 18.0 Å². The number of nitrogens with two attached hydrogens (primary N) is 1. The molecule has 1 aliphatic heterocycles. The van der Waals surface area contributed by atoms with Crippen LogP contribution in [0.1, 0.15) is 53.7 Å². The lowest BCUT2D eigenvalue weighted by atomic mass is 9.89. The van der Waals surface area contributed by atoms with Crippen molar-refractivity contribution in [3.63, 3.8) is 0 Å². The van der Waals surface area contributed by atoms with Crippen LogP contribution in [0.15, 0.2) is 120 Å². The lowest BCUT2D eigenvalue weighted by Crippen LogP contribution is -2.32. The molecule has 0 bridgehead atoms. The highest BCUT2D eigenvalue weighted by Crippen LogP contribution is 2.38. The maximum absolute atomic E-state index is 14.8. The number of fused-ring (bicyclic) bond motifs is 1. The van der Waals surface area contributed by atoms with Crippen molar-refractivity contribution in [2.24, 2.45) is 11.1 Å². The molecule has 1 heterocycles. The van der Waals surface area contributed by atoms with Crippen molar-refractivity contribution < 1.29 is 26.6 Å². The summed E-state index contributed by atoms with van der Waals surface area (Å²) in [5.41, 5.74) is 10.1. The van der Waals surface area contributed by atoms with Gasteiger partial charge in [-0.2, -0.15) is 8.42 Å². The first-order valence-corrected chi connectivity index (χ1v) is 16.7. The number of carbonyl (C=O) groups is 2. The molecule has 2 N–H and O–H groups in total. The molecule has 0 saturated heterocycles. The molecular weight excluding hydrogens is 612 g/mol. The van der Waals surface area contributed by atoms with Crippen LogP contribution in [0.2, 0.25) is 0 Å². The number of rotatable bonds is 11.